The van der Waals surface area contributed by atoms with Crippen LogP contribution in [0.2, 0.25) is 5.02 Å². The van der Waals surface area contributed by atoms with Crippen LogP contribution in [0.4, 0.5) is 5.69 Å². The highest BCUT2D eigenvalue weighted by Gasteiger charge is 2.14. The molecule has 1 aromatic carbocycles. The van der Waals surface area contributed by atoms with E-state index < -0.39 is 4.92 Å². The molecule has 0 atom stereocenters. The lowest BCUT2D eigenvalue weighted by Gasteiger charge is -2.02. The van der Waals surface area contributed by atoms with Gasteiger partial charge in [0.05, 0.1) is 11.5 Å². The van der Waals surface area contributed by atoms with Gasteiger partial charge in [-0.25, -0.2) is 0 Å². The molecular weight excluding hydrogens is 244 g/mol. The zero-order valence-electron chi connectivity index (χ0n) is 8.99. The van der Waals surface area contributed by atoms with Gasteiger partial charge in [0.2, 0.25) is 0 Å². The standard InChI is InChI=1S/C11H9ClN2O3/c1-2-3-6-13-11(15)8-4-5-10(14(16)17)9(12)7-8/h4-5,7H,6H2,1H3,(H,13,15). The van der Waals surface area contributed by atoms with Gasteiger partial charge in [-0.3, -0.25) is 14.9 Å². The second-order valence-corrected chi connectivity index (χ2v) is 3.44. The maximum Gasteiger partial charge on any atom is 0.287 e. The number of benzene rings is 1. The second-order valence-electron chi connectivity index (χ2n) is 3.03. The Bertz CT molecular complexity index is 517. The summed E-state index contributed by atoms with van der Waals surface area (Å²) in [5, 5.41) is 13.0. The van der Waals surface area contributed by atoms with Gasteiger partial charge in [0.15, 0.2) is 0 Å². The average Bonchev–Trinajstić information content (AvgIpc) is 2.28. The zero-order chi connectivity index (χ0) is 12.8. The molecule has 0 saturated carbocycles. The number of hydrogen-bond donors (Lipinski definition) is 1. The Kier molecular flexibility index (Phi) is 4.49. The van der Waals surface area contributed by atoms with Gasteiger partial charge in [0.25, 0.3) is 11.6 Å². The van der Waals surface area contributed by atoms with E-state index in [-0.39, 0.29) is 28.7 Å². The number of amides is 1. The molecule has 1 N–H and O–H groups in total. The molecule has 1 aromatic rings. The number of nitro groups is 1. The molecular formula is C11H9ClN2O3. The van der Waals surface area contributed by atoms with Crippen LogP contribution in [0.25, 0.3) is 0 Å². The van der Waals surface area contributed by atoms with Crippen LogP contribution in [0.3, 0.4) is 0 Å². The monoisotopic (exact) mass is 252 g/mol. The summed E-state index contributed by atoms with van der Waals surface area (Å²) >= 11 is 5.68. The fourth-order valence-corrected chi connectivity index (χ4v) is 1.36. The van der Waals surface area contributed by atoms with Crippen LogP contribution in [0.1, 0.15) is 17.3 Å². The maximum atomic E-state index is 11.5. The van der Waals surface area contributed by atoms with E-state index in [9.17, 15) is 14.9 Å². The van der Waals surface area contributed by atoms with Crippen molar-refractivity contribution in [1.82, 2.24) is 5.32 Å². The van der Waals surface area contributed by atoms with Gasteiger partial charge in [-0.05, 0) is 19.1 Å². The minimum absolute atomic E-state index is 0.0655. The number of nitrogens with one attached hydrogen (secondary N) is 1. The second kappa shape index (κ2) is 5.87. The first-order chi connectivity index (χ1) is 8.06. The van der Waals surface area contributed by atoms with E-state index in [0.717, 1.165) is 0 Å². The van der Waals surface area contributed by atoms with Crippen molar-refractivity contribution in [3.8, 4) is 11.8 Å². The van der Waals surface area contributed by atoms with E-state index in [2.05, 4.69) is 17.2 Å². The summed E-state index contributed by atoms with van der Waals surface area (Å²) in [6.45, 7) is 1.89. The first kappa shape index (κ1) is 13.0. The highest BCUT2D eigenvalue weighted by Crippen LogP contribution is 2.24. The Hall–Kier alpha value is -2.06. The third kappa shape index (κ3) is 3.47. The van der Waals surface area contributed by atoms with Crippen molar-refractivity contribution in [1.29, 1.82) is 0 Å². The molecule has 5 nitrogen and oxygen atoms in total. The van der Waals surface area contributed by atoms with Crippen LogP contribution in [0, 0.1) is 22.0 Å². The third-order valence-electron chi connectivity index (χ3n) is 1.92. The number of nitro benzene ring substituents is 1. The third-order valence-corrected chi connectivity index (χ3v) is 2.22. The Morgan fingerprint density at radius 3 is 2.82 bits per heavy atom. The van der Waals surface area contributed by atoms with Gasteiger partial charge in [0.1, 0.15) is 5.02 Å². The van der Waals surface area contributed by atoms with Crippen molar-refractivity contribution in [2.45, 2.75) is 6.92 Å². The van der Waals surface area contributed by atoms with Crippen LogP contribution in [0.5, 0.6) is 0 Å². The highest BCUT2D eigenvalue weighted by molar-refractivity contribution is 6.33. The maximum absolute atomic E-state index is 11.5. The molecule has 0 unspecified atom stereocenters. The number of rotatable bonds is 3. The average molecular weight is 253 g/mol. The largest absolute Gasteiger partial charge is 0.341 e. The first-order valence-electron chi connectivity index (χ1n) is 4.68. The van der Waals surface area contributed by atoms with E-state index in [1.165, 1.54) is 18.2 Å². The predicted molar refractivity (Wildman–Crippen MR) is 63.9 cm³/mol. The Labute approximate surface area is 103 Å². The van der Waals surface area contributed by atoms with E-state index >= 15 is 0 Å². The molecule has 0 saturated heterocycles. The summed E-state index contributed by atoms with van der Waals surface area (Å²) < 4.78 is 0. The van der Waals surface area contributed by atoms with Crippen LogP contribution in [-0.4, -0.2) is 17.4 Å². The molecule has 0 aromatic heterocycles. The van der Waals surface area contributed by atoms with Crippen molar-refractivity contribution in [3.63, 3.8) is 0 Å². The Morgan fingerprint density at radius 1 is 1.59 bits per heavy atom. The normalized spacial score (nSPS) is 9.06. The molecule has 88 valence electrons. The topological polar surface area (TPSA) is 72.2 Å². The number of carbonyl (C=O) groups excluding carboxylic acids is 1. The molecule has 0 spiro atoms. The van der Waals surface area contributed by atoms with E-state index in [1.807, 2.05) is 0 Å². The summed E-state index contributed by atoms with van der Waals surface area (Å²) in [5.74, 6) is 4.93. The van der Waals surface area contributed by atoms with Gasteiger partial charge in [-0.2, -0.15) is 0 Å². The van der Waals surface area contributed by atoms with Gasteiger partial charge in [-0.1, -0.05) is 17.5 Å². The highest BCUT2D eigenvalue weighted by atomic mass is 35.5. The van der Waals surface area contributed by atoms with Crippen molar-refractivity contribution in [2.75, 3.05) is 6.54 Å². The van der Waals surface area contributed by atoms with Crippen LogP contribution in [0.15, 0.2) is 18.2 Å². The van der Waals surface area contributed by atoms with Crippen molar-refractivity contribution >= 4 is 23.2 Å². The SMILES string of the molecule is CC#CCNC(=O)c1ccc([N+](=O)[O-])c(Cl)c1. The van der Waals surface area contributed by atoms with Crippen LogP contribution < -0.4 is 5.32 Å². The van der Waals surface area contributed by atoms with Gasteiger partial charge < -0.3 is 5.32 Å². The number of nitrogens with zero attached hydrogens (tertiary/aromatic N) is 1. The smallest absolute Gasteiger partial charge is 0.287 e. The lowest BCUT2D eigenvalue weighted by Crippen LogP contribution is -2.23. The molecule has 6 heteroatoms. The fourth-order valence-electron chi connectivity index (χ4n) is 1.11. The Morgan fingerprint density at radius 2 is 2.29 bits per heavy atom. The predicted octanol–water partition coefficient (Wildman–Crippen LogP) is 2.00. The molecule has 0 heterocycles. The summed E-state index contributed by atoms with van der Waals surface area (Å²) in [6.07, 6.45) is 0. The molecule has 0 bridgehead atoms. The molecule has 1 amide bonds. The quantitative estimate of drug-likeness (QED) is 0.508. The van der Waals surface area contributed by atoms with Crippen LogP contribution in [-0.2, 0) is 0 Å². The Balaban J connectivity index is 2.85. The fraction of sp³-hybridized carbons (Fsp3) is 0.182. The van der Waals surface area contributed by atoms with Gasteiger partial charge >= 0.3 is 0 Å². The molecule has 1 rings (SSSR count). The van der Waals surface area contributed by atoms with E-state index in [4.69, 9.17) is 11.6 Å². The summed E-state index contributed by atoms with van der Waals surface area (Å²) in [6, 6.07) is 3.80. The summed E-state index contributed by atoms with van der Waals surface area (Å²) in [4.78, 5) is 21.5. The van der Waals surface area contributed by atoms with Crippen molar-refractivity contribution in [3.05, 3.63) is 38.9 Å². The zero-order valence-corrected chi connectivity index (χ0v) is 9.75. The number of halogens is 1. The molecule has 17 heavy (non-hydrogen) atoms. The minimum Gasteiger partial charge on any atom is -0.341 e. The molecule has 0 aliphatic heterocycles. The van der Waals surface area contributed by atoms with Gasteiger partial charge in [0, 0.05) is 11.6 Å². The lowest BCUT2D eigenvalue weighted by molar-refractivity contribution is -0.384. The molecule has 0 aliphatic rings. The van der Waals surface area contributed by atoms with E-state index in [0.29, 0.717) is 0 Å². The summed E-state index contributed by atoms with van der Waals surface area (Å²) in [7, 11) is 0. The van der Waals surface area contributed by atoms with Crippen molar-refractivity contribution in [2.24, 2.45) is 0 Å². The minimum atomic E-state index is -0.605. The number of carbonyl (C=O) groups is 1. The molecule has 0 fully saturated rings. The van der Waals surface area contributed by atoms with Gasteiger partial charge in [-0.15, -0.1) is 5.92 Å². The van der Waals surface area contributed by atoms with Crippen LogP contribution >= 0.6 is 11.6 Å². The summed E-state index contributed by atoms with van der Waals surface area (Å²) in [5.41, 5.74) is 0.0371. The lowest BCUT2D eigenvalue weighted by atomic mass is 10.2. The number of hydrogen-bond acceptors (Lipinski definition) is 3. The molecule has 0 aliphatic carbocycles. The molecule has 0 radical (unpaired) electrons. The van der Waals surface area contributed by atoms with E-state index in [1.54, 1.807) is 6.92 Å². The first-order valence-corrected chi connectivity index (χ1v) is 5.05. The van der Waals surface area contributed by atoms with Crippen molar-refractivity contribution < 1.29 is 9.72 Å².